The van der Waals surface area contributed by atoms with E-state index >= 15 is 0 Å². The zero-order valence-electron chi connectivity index (χ0n) is 11.2. The van der Waals surface area contributed by atoms with Crippen LogP contribution < -0.4 is 0 Å². The van der Waals surface area contributed by atoms with Gasteiger partial charge in [0, 0.05) is 30.8 Å². The predicted molar refractivity (Wildman–Crippen MR) is 73.5 cm³/mol. The van der Waals surface area contributed by atoms with Crippen LogP contribution in [0.5, 0.6) is 0 Å². The lowest BCUT2D eigenvalue weighted by Crippen LogP contribution is -2.40. The molecule has 100 valence electrons. The molecule has 0 N–H and O–H groups in total. The van der Waals surface area contributed by atoms with Gasteiger partial charge in [0.2, 0.25) is 0 Å². The SMILES string of the molecule is CC(C)C(=O)CCOC1CCN(C(C)S)CC1. The summed E-state index contributed by atoms with van der Waals surface area (Å²) in [4.78, 5) is 13.8. The Bertz CT molecular complexity index is 236. The largest absolute Gasteiger partial charge is 0.378 e. The smallest absolute Gasteiger partial charge is 0.137 e. The quantitative estimate of drug-likeness (QED) is 0.743. The van der Waals surface area contributed by atoms with Gasteiger partial charge in [0.05, 0.1) is 12.7 Å². The van der Waals surface area contributed by atoms with Gasteiger partial charge in [-0.25, -0.2) is 0 Å². The highest BCUT2D eigenvalue weighted by molar-refractivity contribution is 7.80. The first-order valence-electron chi connectivity index (χ1n) is 6.57. The third-order valence-corrected chi connectivity index (χ3v) is 3.68. The lowest BCUT2D eigenvalue weighted by atomic mass is 10.1. The van der Waals surface area contributed by atoms with E-state index in [1.807, 2.05) is 13.8 Å². The van der Waals surface area contributed by atoms with Gasteiger partial charge >= 0.3 is 0 Å². The molecule has 3 nitrogen and oxygen atoms in total. The first kappa shape index (κ1) is 15.0. The predicted octanol–water partition coefficient (Wildman–Crippen LogP) is 2.36. The molecule has 0 aromatic rings. The van der Waals surface area contributed by atoms with Gasteiger partial charge in [-0.3, -0.25) is 9.69 Å². The molecule has 0 amide bonds. The number of Topliss-reactive ketones (excluding diaryl/α,β-unsaturated/α-hetero) is 1. The summed E-state index contributed by atoms with van der Waals surface area (Å²) in [5, 5.41) is 0.332. The number of piperidine rings is 1. The lowest BCUT2D eigenvalue weighted by molar-refractivity contribution is -0.123. The average molecular weight is 259 g/mol. The van der Waals surface area contributed by atoms with E-state index in [2.05, 4.69) is 24.5 Å². The van der Waals surface area contributed by atoms with Gasteiger partial charge in [-0.1, -0.05) is 13.8 Å². The van der Waals surface area contributed by atoms with Crippen molar-refractivity contribution in [2.45, 2.75) is 51.5 Å². The summed E-state index contributed by atoms with van der Waals surface area (Å²) < 4.78 is 5.76. The summed E-state index contributed by atoms with van der Waals surface area (Å²) in [5.41, 5.74) is 0. The van der Waals surface area contributed by atoms with Crippen molar-refractivity contribution in [1.29, 1.82) is 0 Å². The van der Waals surface area contributed by atoms with Crippen LogP contribution in [0.4, 0.5) is 0 Å². The van der Waals surface area contributed by atoms with Gasteiger partial charge in [0.25, 0.3) is 0 Å². The molecule has 0 aromatic heterocycles. The number of carbonyl (C=O) groups excluding carboxylic acids is 1. The zero-order valence-corrected chi connectivity index (χ0v) is 12.1. The van der Waals surface area contributed by atoms with E-state index in [4.69, 9.17) is 4.74 Å². The molecule has 0 radical (unpaired) electrons. The number of nitrogens with zero attached hydrogens (tertiary/aromatic N) is 1. The summed E-state index contributed by atoms with van der Waals surface area (Å²) in [5.74, 6) is 0.428. The maximum atomic E-state index is 11.4. The normalized spacial score (nSPS) is 20.8. The van der Waals surface area contributed by atoms with Crippen molar-refractivity contribution >= 4 is 18.4 Å². The minimum absolute atomic E-state index is 0.130. The van der Waals surface area contributed by atoms with Crippen molar-refractivity contribution in [2.24, 2.45) is 5.92 Å². The summed E-state index contributed by atoms with van der Waals surface area (Å²) in [6, 6.07) is 0. The highest BCUT2D eigenvalue weighted by atomic mass is 32.1. The maximum Gasteiger partial charge on any atom is 0.137 e. The minimum atomic E-state index is 0.130. The van der Waals surface area contributed by atoms with Gasteiger partial charge in [-0.2, -0.15) is 12.6 Å². The standard InChI is InChI=1S/C13H25NO2S/c1-10(2)13(15)6-9-16-12-4-7-14(8-5-12)11(3)17/h10-12,17H,4-9H2,1-3H3. The van der Waals surface area contributed by atoms with E-state index in [0.717, 1.165) is 25.9 Å². The fraction of sp³-hybridized carbons (Fsp3) is 0.923. The monoisotopic (exact) mass is 259 g/mol. The summed E-state index contributed by atoms with van der Waals surface area (Å²) >= 11 is 4.43. The van der Waals surface area contributed by atoms with Gasteiger partial charge in [-0.05, 0) is 19.8 Å². The molecule has 0 saturated carbocycles. The van der Waals surface area contributed by atoms with Crippen molar-refractivity contribution in [3.05, 3.63) is 0 Å². The van der Waals surface area contributed by atoms with Crippen molar-refractivity contribution in [1.82, 2.24) is 4.90 Å². The van der Waals surface area contributed by atoms with Gasteiger partial charge < -0.3 is 4.74 Å². The maximum absolute atomic E-state index is 11.4. The molecule has 17 heavy (non-hydrogen) atoms. The fourth-order valence-corrected chi connectivity index (χ4v) is 2.26. The Morgan fingerprint density at radius 3 is 2.41 bits per heavy atom. The van der Waals surface area contributed by atoms with Crippen LogP contribution in [0.2, 0.25) is 0 Å². The second-order valence-corrected chi connectivity index (χ2v) is 5.86. The van der Waals surface area contributed by atoms with E-state index in [1.54, 1.807) is 0 Å². The first-order valence-corrected chi connectivity index (χ1v) is 7.08. The number of hydrogen-bond donors (Lipinski definition) is 1. The fourth-order valence-electron chi connectivity index (χ4n) is 2.03. The van der Waals surface area contributed by atoms with Crippen molar-refractivity contribution in [3.63, 3.8) is 0 Å². The molecule has 1 fully saturated rings. The lowest BCUT2D eigenvalue weighted by Gasteiger charge is -2.33. The zero-order chi connectivity index (χ0) is 12.8. The number of thiol groups is 1. The van der Waals surface area contributed by atoms with Gasteiger partial charge in [0.1, 0.15) is 5.78 Å². The van der Waals surface area contributed by atoms with Crippen LogP contribution in [0, 0.1) is 5.92 Å². The number of ether oxygens (including phenoxy) is 1. The molecule has 1 unspecified atom stereocenters. The number of likely N-dealkylation sites (tertiary alicyclic amines) is 1. The van der Waals surface area contributed by atoms with Crippen LogP contribution in [0.15, 0.2) is 0 Å². The third-order valence-electron chi connectivity index (χ3n) is 3.35. The molecule has 4 heteroatoms. The number of rotatable bonds is 6. The van der Waals surface area contributed by atoms with Crippen LogP contribution in [0.3, 0.4) is 0 Å². The molecule has 1 aliphatic rings. The molecule has 1 aliphatic heterocycles. The molecular formula is C13H25NO2S. The summed E-state index contributed by atoms with van der Waals surface area (Å²) in [6.45, 7) is 8.66. The topological polar surface area (TPSA) is 29.5 Å². The highest BCUT2D eigenvalue weighted by Gasteiger charge is 2.21. The van der Waals surface area contributed by atoms with Gasteiger partial charge in [0.15, 0.2) is 0 Å². The molecule has 0 aromatic carbocycles. The van der Waals surface area contributed by atoms with Crippen molar-refractivity contribution < 1.29 is 9.53 Å². The Balaban J connectivity index is 2.12. The Morgan fingerprint density at radius 2 is 1.94 bits per heavy atom. The number of hydrogen-bond acceptors (Lipinski definition) is 4. The molecule has 1 heterocycles. The second kappa shape index (κ2) is 7.39. The van der Waals surface area contributed by atoms with Gasteiger partial charge in [-0.15, -0.1) is 0 Å². The van der Waals surface area contributed by atoms with E-state index in [0.29, 0.717) is 30.3 Å². The Hall–Kier alpha value is -0.0600. The number of carbonyl (C=O) groups is 1. The molecular weight excluding hydrogens is 234 g/mol. The van der Waals surface area contributed by atoms with E-state index < -0.39 is 0 Å². The number of ketones is 1. The van der Waals surface area contributed by atoms with E-state index in [1.165, 1.54) is 0 Å². The van der Waals surface area contributed by atoms with Crippen LogP contribution in [0.1, 0.15) is 40.0 Å². The van der Waals surface area contributed by atoms with Crippen LogP contribution >= 0.6 is 12.6 Å². The molecule has 0 aliphatic carbocycles. The summed E-state index contributed by atoms with van der Waals surface area (Å²) in [7, 11) is 0. The third kappa shape index (κ3) is 5.40. The minimum Gasteiger partial charge on any atom is -0.378 e. The second-order valence-electron chi connectivity index (χ2n) is 5.11. The molecule has 0 spiro atoms. The molecule has 1 saturated heterocycles. The van der Waals surface area contributed by atoms with Crippen LogP contribution in [-0.4, -0.2) is 41.9 Å². The van der Waals surface area contributed by atoms with E-state index in [-0.39, 0.29) is 5.92 Å². The molecule has 0 bridgehead atoms. The average Bonchev–Trinajstić information content (AvgIpc) is 2.29. The first-order chi connectivity index (χ1) is 8.00. The Morgan fingerprint density at radius 1 is 1.35 bits per heavy atom. The highest BCUT2D eigenvalue weighted by Crippen LogP contribution is 2.17. The van der Waals surface area contributed by atoms with Crippen molar-refractivity contribution in [2.75, 3.05) is 19.7 Å². The van der Waals surface area contributed by atoms with Crippen molar-refractivity contribution in [3.8, 4) is 0 Å². The Labute approximate surface area is 110 Å². The summed E-state index contributed by atoms with van der Waals surface area (Å²) in [6.07, 6.45) is 3.00. The van der Waals surface area contributed by atoms with E-state index in [9.17, 15) is 4.79 Å². The van der Waals surface area contributed by atoms with Crippen LogP contribution in [-0.2, 0) is 9.53 Å². The molecule has 1 rings (SSSR count). The Kier molecular flexibility index (Phi) is 6.52. The van der Waals surface area contributed by atoms with Crippen LogP contribution in [0.25, 0.3) is 0 Å². The molecule has 1 atom stereocenters.